The van der Waals surface area contributed by atoms with Crippen molar-refractivity contribution in [2.45, 2.75) is 58.4 Å². The molecule has 2 atom stereocenters. The first-order chi connectivity index (χ1) is 11.5. The molecule has 0 spiro atoms. The maximum absolute atomic E-state index is 12.7. The number of aromatic amines is 1. The molecule has 2 fully saturated rings. The first-order valence-corrected chi connectivity index (χ1v) is 9.58. The number of aromatic nitrogens is 2. The Morgan fingerprint density at radius 2 is 2.12 bits per heavy atom. The smallest absolute Gasteiger partial charge is 0.274 e. The van der Waals surface area contributed by atoms with Gasteiger partial charge >= 0.3 is 0 Å². The molecule has 1 aromatic heterocycles. The van der Waals surface area contributed by atoms with Crippen LogP contribution in [0.1, 0.15) is 62.1 Å². The Hall–Kier alpha value is -1.36. The third-order valence-electron chi connectivity index (χ3n) is 5.56. The molecule has 0 aliphatic carbocycles. The predicted octanol–water partition coefficient (Wildman–Crippen LogP) is 2.94. The van der Waals surface area contributed by atoms with Gasteiger partial charge in [0.15, 0.2) is 0 Å². The standard InChI is InChI=1S/C19H32N4O/c1-14(2)11-16-12-17(21-20-16)19(24)22(3)13-15-7-6-10-23-9-5-4-8-18(15)23/h12,14-15,18H,4-11,13H2,1-3H3,(H,20,21). The van der Waals surface area contributed by atoms with E-state index in [1.54, 1.807) is 0 Å². The Morgan fingerprint density at radius 1 is 1.33 bits per heavy atom. The number of nitrogens with zero attached hydrogens (tertiary/aromatic N) is 3. The maximum atomic E-state index is 12.7. The van der Waals surface area contributed by atoms with Gasteiger partial charge in [0.1, 0.15) is 5.69 Å². The third kappa shape index (κ3) is 4.00. The van der Waals surface area contributed by atoms with Crippen LogP contribution in [-0.4, -0.2) is 58.6 Å². The lowest BCUT2D eigenvalue weighted by Crippen LogP contribution is -2.51. The maximum Gasteiger partial charge on any atom is 0.274 e. The molecule has 2 aliphatic rings. The van der Waals surface area contributed by atoms with Crippen LogP contribution in [0, 0.1) is 11.8 Å². The molecule has 0 aromatic carbocycles. The SMILES string of the molecule is CC(C)Cc1cc(C(=O)N(C)CC2CCCN3CCCCC23)n[nH]1. The minimum Gasteiger partial charge on any atom is -0.340 e. The molecule has 3 heterocycles. The Morgan fingerprint density at radius 3 is 2.92 bits per heavy atom. The zero-order valence-electron chi connectivity index (χ0n) is 15.4. The van der Waals surface area contributed by atoms with Gasteiger partial charge in [-0.25, -0.2) is 0 Å². The van der Waals surface area contributed by atoms with Crippen molar-refractivity contribution in [1.29, 1.82) is 0 Å². The first-order valence-electron chi connectivity index (χ1n) is 9.58. The van der Waals surface area contributed by atoms with Gasteiger partial charge in [-0.1, -0.05) is 20.3 Å². The quantitative estimate of drug-likeness (QED) is 0.902. The molecule has 1 N–H and O–H groups in total. The Labute approximate surface area is 145 Å². The summed E-state index contributed by atoms with van der Waals surface area (Å²) in [7, 11) is 1.93. The number of carbonyl (C=O) groups excluding carboxylic acids is 1. The molecule has 1 amide bonds. The number of piperidine rings is 2. The average Bonchev–Trinajstić information content (AvgIpc) is 3.02. The largest absolute Gasteiger partial charge is 0.340 e. The van der Waals surface area contributed by atoms with Gasteiger partial charge in [-0.05, 0) is 63.1 Å². The van der Waals surface area contributed by atoms with Crippen molar-refractivity contribution >= 4 is 5.91 Å². The molecular formula is C19H32N4O. The van der Waals surface area contributed by atoms with Gasteiger partial charge in [0, 0.05) is 25.3 Å². The summed E-state index contributed by atoms with van der Waals surface area (Å²) in [5, 5.41) is 7.25. The van der Waals surface area contributed by atoms with Crippen LogP contribution in [0.3, 0.4) is 0 Å². The summed E-state index contributed by atoms with van der Waals surface area (Å²) in [5.74, 6) is 1.22. The lowest BCUT2D eigenvalue weighted by Gasteiger charge is -2.45. The second-order valence-corrected chi connectivity index (χ2v) is 8.06. The number of rotatable bonds is 5. The molecule has 134 valence electrons. The van der Waals surface area contributed by atoms with Gasteiger partial charge in [0.2, 0.25) is 0 Å². The van der Waals surface area contributed by atoms with Gasteiger partial charge in [-0.2, -0.15) is 5.10 Å². The van der Waals surface area contributed by atoms with Crippen LogP contribution in [0.4, 0.5) is 0 Å². The minimum absolute atomic E-state index is 0.0502. The monoisotopic (exact) mass is 332 g/mol. The lowest BCUT2D eigenvalue weighted by atomic mass is 9.83. The van der Waals surface area contributed by atoms with Crippen molar-refractivity contribution < 1.29 is 4.79 Å². The molecule has 0 radical (unpaired) electrons. The molecule has 5 heteroatoms. The number of H-pyrrole nitrogens is 1. The van der Waals surface area contributed by atoms with E-state index >= 15 is 0 Å². The van der Waals surface area contributed by atoms with Crippen LogP contribution in [0.2, 0.25) is 0 Å². The van der Waals surface area contributed by atoms with E-state index in [2.05, 4.69) is 28.9 Å². The molecule has 0 saturated carbocycles. The van der Waals surface area contributed by atoms with Gasteiger partial charge in [-0.3, -0.25) is 9.89 Å². The van der Waals surface area contributed by atoms with Crippen LogP contribution in [0.25, 0.3) is 0 Å². The highest BCUT2D eigenvalue weighted by atomic mass is 16.2. The van der Waals surface area contributed by atoms with E-state index in [4.69, 9.17) is 0 Å². The summed E-state index contributed by atoms with van der Waals surface area (Å²) in [4.78, 5) is 17.3. The molecule has 2 aliphatic heterocycles. The minimum atomic E-state index is 0.0502. The van der Waals surface area contributed by atoms with Gasteiger partial charge < -0.3 is 9.80 Å². The molecule has 0 bridgehead atoms. The summed E-state index contributed by atoms with van der Waals surface area (Å²) in [6.45, 7) is 7.70. The Balaban J connectivity index is 1.60. The summed E-state index contributed by atoms with van der Waals surface area (Å²) in [5.41, 5.74) is 1.61. The zero-order chi connectivity index (χ0) is 17.1. The van der Waals surface area contributed by atoms with Crippen LogP contribution in [-0.2, 0) is 6.42 Å². The molecule has 2 unspecified atom stereocenters. The number of hydrogen-bond donors (Lipinski definition) is 1. The van der Waals surface area contributed by atoms with Crippen LogP contribution in [0.5, 0.6) is 0 Å². The molecular weight excluding hydrogens is 300 g/mol. The number of carbonyl (C=O) groups is 1. The second-order valence-electron chi connectivity index (χ2n) is 8.06. The second kappa shape index (κ2) is 7.68. The fourth-order valence-corrected chi connectivity index (χ4v) is 4.44. The van der Waals surface area contributed by atoms with E-state index in [1.807, 2.05) is 18.0 Å². The van der Waals surface area contributed by atoms with Crippen molar-refractivity contribution in [3.8, 4) is 0 Å². The van der Waals surface area contributed by atoms with Gasteiger partial charge in [-0.15, -0.1) is 0 Å². The summed E-state index contributed by atoms with van der Waals surface area (Å²) < 4.78 is 0. The summed E-state index contributed by atoms with van der Waals surface area (Å²) in [6, 6.07) is 2.60. The Bertz CT molecular complexity index is 551. The third-order valence-corrected chi connectivity index (χ3v) is 5.56. The summed E-state index contributed by atoms with van der Waals surface area (Å²) in [6.07, 6.45) is 7.43. The van der Waals surface area contributed by atoms with Crippen LogP contribution < -0.4 is 0 Å². The summed E-state index contributed by atoms with van der Waals surface area (Å²) >= 11 is 0. The van der Waals surface area contributed by atoms with Crippen LogP contribution >= 0.6 is 0 Å². The topological polar surface area (TPSA) is 52.2 Å². The van der Waals surface area contributed by atoms with Crippen molar-refractivity contribution in [1.82, 2.24) is 20.0 Å². The number of fused-ring (bicyclic) bond motifs is 1. The normalized spacial score (nSPS) is 24.8. The number of nitrogens with one attached hydrogen (secondary N) is 1. The van der Waals surface area contributed by atoms with E-state index < -0.39 is 0 Å². The zero-order valence-corrected chi connectivity index (χ0v) is 15.4. The van der Waals surface area contributed by atoms with Crippen LogP contribution in [0.15, 0.2) is 6.07 Å². The lowest BCUT2D eigenvalue weighted by molar-refractivity contribution is 0.0401. The molecule has 2 saturated heterocycles. The fourth-order valence-electron chi connectivity index (χ4n) is 4.44. The van der Waals surface area contributed by atoms with E-state index in [0.29, 0.717) is 23.6 Å². The molecule has 1 aromatic rings. The fraction of sp³-hybridized carbons (Fsp3) is 0.789. The highest BCUT2D eigenvalue weighted by Gasteiger charge is 2.34. The van der Waals surface area contributed by atoms with Crippen molar-refractivity contribution in [3.05, 3.63) is 17.5 Å². The predicted molar refractivity (Wildman–Crippen MR) is 96.0 cm³/mol. The first kappa shape index (κ1) is 17.5. The van der Waals surface area contributed by atoms with Crippen molar-refractivity contribution in [2.75, 3.05) is 26.7 Å². The van der Waals surface area contributed by atoms with Gasteiger partial charge in [0.05, 0.1) is 0 Å². The van der Waals surface area contributed by atoms with Crippen molar-refractivity contribution in [2.24, 2.45) is 11.8 Å². The number of amides is 1. The number of hydrogen-bond acceptors (Lipinski definition) is 3. The highest BCUT2D eigenvalue weighted by Crippen LogP contribution is 2.31. The van der Waals surface area contributed by atoms with E-state index in [9.17, 15) is 4.79 Å². The highest BCUT2D eigenvalue weighted by molar-refractivity contribution is 5.92. The van der Waals surface area contributed by atoms with Gasteiger partial charge in [0.25, 0.3) is 5.91 Å². The van der Waals surface area contributed by atoms with E-state index in [-0.39, 0.29) is 5.91 Å². The molecule has 5 nitrogen and oxygen atoms in total. The molecule has 24 heavy (non-hydrogen) atoms. The van der Waals surface area contributed by atoms with E-state index in [0.717, 1.165) is 18.7 Å². The van der Waals surface area contributed by atoms with E-state index in [1.165, 1.54) is 45.2 Å². The van der Waals surface area contributed by atoms with Crippen molar-refractivity contribution in [3.63, 3.8) is 0 Å². The molecule has 3 rings (SSSR count). The average molecular weight is 332 g/mol. The Kier molecular flexibility index (Phi) is 5.59.